The average Bonchev–Trinajstić information content (AvgIpc) is 2.26. The highest BCUT2D eigenvalue weighted by molar-refractivity contribution is 5.78. The number of hydrogen-bond acceptors (Lipinski definition) is 4. The molecule has 0 aliphatic rings. The van der Waals surface area contributed by atoms with Crippen molar-refractivity contribution in [1.82, 2.24) is 5.32 Å². The second-order valence-corrected chi connectivity index (χ2v) is 3.48. The minimum atomic E-state index is -0.476. The SMILES string of the molecule is C=CN=CC(=C)CNCC(O)COCCC. The molecule has 1 unspecified atom stereocenters. The van der Waals surface area contributed by atoms with Gasteiger partial charge in [0, 0.05) is 32.1 Å². The van der Waals surface area contributed by atoms with E-state index >= 15 is 0 Å². The number of aliphatic hydroxyl groups excluding tert-OH is 1. The Morgan fingerprint density at radius 2 is 2.38 bits per heavy atom. The van der Waals surface area contributed by atoms with Crippen molar-refractivity contribution in [1.29, 1.82) is 0 Å². The van der Waals surface area contributed by atoms with Gasteiger partial charge in [0.15, 0.2) is 0 Å². The van der Waals surface area contributed by atoms with Crippen molar-refractivity contribution in [2.24, 2.45) is 4.99 Å². The average molecular weight is 226 g/mol. The maximum atomic E-state index is 9.50. The predicted octanol–water partition coefficient (Wildman–Crippen LogP) is 1.13. The molecule has 0 saturated heterocycles. The molecule has 92 valence electrons. The molecule has 4 nitrogen and oxygen atoms in total. The molecule has 0 aliphatic heterocycles. The van der Waals surface area contributed by atoms with Crippen LogP contribution < -0.4 is 5.32 Å². The Bertz CT molecular complexity index is 227. The fraction of sp³-hybridized carbons (Fsp3) is 0.583. The molecule has 4 heteroatoms. The van der Waals surface area contributed by atoms with Crippen molar-refractivity contribution in [2.45, 2.75) is 19.4 Å². The lowest BCUT2D eigenvalue weighted by Crippen LogP contribution is -2.31. The van der Waals surface area contributed by atoms with Crippen molar-refractivity contribution in [3.05, 3.63) is 24.9 Å². The van der Waals surface area contributed by atoms with Gasteiger partial charge in [-0.3, -0.25) is 4.99 Å². The summed E-state index contributed by atoms with van der Waals surface area (Å²) in [7, 11) is 0. The van der Waals surface area contributed by atoms with Crippen molar-refractivity contribution in [3.63, 3.8) is 0 Å². The third kappa shape index (κ3) is 9.58. The second kappa shape index (κ2) is 10.5. The zero-order chi connectivity index (χ0) is 12.2. The molecule has 0 rings (SSSR count). The smallest absolute Gasteiger partial charge is 0.0897 e. The number of nitrogens with one attached hydrogen (secondary N) is 1. The maximum absolute atomic E-state index is 9.50. The summed E-state index contributed by atoms with van der Waals surface area (Å²) in [6.45, 7) is 11.4. The molecule has 0 saturated carbocycles. The molecular formula is C12H22N2O2. The third-order valence-corrected chi connectivity index (χ3v) is 1.75. The molecule has 0 spiro atoms. The first-order valence-corrected chi connectivity index (χ1v) is 5.49. The van der Waals surface area contributed by atoms with Gasteiger partial charge < -0.3 is 15.2 Å². The van der Waals surface area contributed by atoms with E-state index in [1.807, 2.05) is 6.92 Å². The Hall–Kier alpha value is -0.970. The first kappa shape index (κ1) is 15.0. The van der Waals surface area contributed by atoms with Crippen molar-refractivity contribution >= 4 is 6.21 Å². The second-order valence-electron chi connectivity index (χ2n) is 3.48. The molecule has 2 N–H and O–H groups in total. The molecule has 0 aromatic rings. The number of aliphatic imine (C=N–C) groups is 1. The molecule has 0 aliphatic carbocycles. The van der Waals surface area contributed by atoms with E-state index < -0.39 is 6.10 Å². The summed E-state index contributed by atoms with van der Waals surface area (Å²) < 4.78 is 5.21. The molecule has 0 fully saturated rings. The van der Waals surface area contributed by atoms with Gasteiger partial charge in [-0.05, 0) is 12.0 Å². The summed E-state index contributed by atoms with van der Waals surface area (Å²) in [6, 6.07) is 0. The molecule has 16 heavy (non-hydrogen) atoms. The molecule has 1 atom stereocenters. The van der Waals surface area contributed by atoms with E-state index in [0.717, 1.165) is 12.0 Å². The van der Waals surface area contributed by atoms with E-state index in [0.29, 0.717) is 26.3 Å². The third-order valence-electron chi connectivity index (χ3n) is 1.75. The van der Waals surface area contributed by atoms with Crippen LogP contribution in [0.4, 0.5) is 0 Å². The number of hydrogen-bond donors (Lipinski definition) is 2. The lowest BCUT2D eigenvalue weighted by molar-refractivity contribution is 0.0378. The van der Waals surface area contributed by atoms with Crippen LogP contribution in [-0.2, 0) is 4.74 Å². The highest BCUT2D eigenvalue weighted by Crippen LogP contribution is 1.88. The summed E-state index contributed by atoms with van der Waals surface area (Å²) in [6.07, 6.45) is 3.59. The predicted molar refractivity (Wildman–Crippen MR) is 67.8 cm³/mol. The summed E-state index contributed by atoms with van der Waals surface area (Å²) in [5.41, 5.74) is 0.849. The summed E-state index contributed by atoms with van der Waals surface area (Å²) >= 11 is 0. The van der Waals surface area contributed by atoms with Crippen LogP contribution in [0.5, 0.6) is 0 Å². The van der Waals surface area contributed by atoms with Gasteiger partial charge in [0.2, 0.25) is 0 Å². The highest BCUT2D eigenvalue weighted by Gasteiger charge is 2.02. The van der Waals surface area contributed by atoms with Crippen LogP contribution in [0.1, 0.15) is 13.3 Å². The lowest BCUT2D eigenvalue weighted by atomic mass is 10.3. The Morgan fingerprint density at radius 3 is 3.00 bits per heavy atom. The van der Waals surface area contributed by atoms with E-state index in [1.165, 1.54) is 6.20 Å². The number of nitrogens with zero attached hydrogens (tertiary/aromatic N) is 1. The number of rotatable bonds is 10. The van der Waals surface area contributed by atoms with Crippen LogP contribution in [0.15, 0.2) is 29.9 Å². The minimum absolute atomic E-state index is 0.369. The Morgan fingerprint density at radius 1 is 1.62 bits per heavy atom. The van der Waals surface area contributed by atoms with Crippen molar-refractivity contribution in [3.8, 4) is 0 Å². The first-order chi connectivity index (χ1) is 7.70. The molecule has 0 radical (unpaired) electrons. The van der Waals surface area contributed by atoms with E-state index in [4.69, 9.17) is 4.74 Å². The van der Waals surface area contributed by atoms with Crippen LogP contribution in [0, 0.1) is 0 Å². The van der Waals surface area contributed by atoms with Crippen LogP contribution in [0.3, 0.4) is 0 Å². The van der Waals surface area contributed by atoms with Crippen LogP contribution in [0.25, 0.3) is 0 Å². The molecule has 0 heterocycles. The van der Waals surface area contributed by atoms with E-state index in [9.17, 15) is 5.11 Å². The van der Waals surface area contributed by atoms with Crippen LogP contribution >= 0.6 is 0 Å². The van der Waals surface area contributed by atoms with Crippen LogP contribution in [-0.4, -0.2) is 43.7 Å². The first-order valence-electron chi connectivity index (χ1n) is 5.49. The fourth-order valence-corrected chi connectivity index (χ4v) is 1.03. The van der Waals surface area contributed by atoms with Gasteiger partial charge in [-0.15, -0.1) is 0 Å². The van der Waals surface area contributed by atoms with Crippen molar-refractivity contribution < 1.29 is 9.84 Å². The van der Waals surface area contributed by atoms with E-state index in [1.54, 1.807) is 6.21 Å². The van der Waals surface area contributed by atoms with E-state index in [2.05, 4.69) is 23.5 Å². The summed E-state index contributed by atoms with van der Waals surface area (Å²) in [5, 5.41) is 12.6. The zero-order valence-electron chi connectivity index (χ0n) is 9.98. The monoisotopic (exact) mass is 226 g/mol. The standard InChI is InChI=1S/C12H22N2O2/c1-4-6-16-10-12(15)9-14-8-11(3)7-13-5-2/h5,7,12,14-15H,2-4,6,8-10H2,1H3. The summed E-state index contributed by atoms with van der Waals surface area (Å²) in [4.78, 5) is 3.84. The Kier molecular flexibility index (Phi) is 9.91. The topological polar surface area (TPSA) is 53.9 Å². The fourth-order valence-electron chi connectivity index (χ4n) is 1.03. The largest absolute Gasteiger partial charge is 0.389 e. The Labute approximate surface area is 97.7 Å². The van der Waals surface area contributed by atoms with Gasteiger partial charge >= 0.3 is 0 Å². The van der Waals surface area contributed by atoms with Gasteiger partial charge in [-0.25, -0.2) is 0 Å². The Balaban J connectivity index is 3.46. The molecule has 0 bridgehead atoms. The maximum Gasteiger partial charge on any atom is 0.0897 e. The van der Waals surface area contributed by atoms with Gasteiger partial charge in [-0.1, -0.05) is 20.1 Å². The lowest BCUT2D eigenvalue weighted by Gasteiger charge is -2.11. The molecular weight excluding hydrogens is 204 g/mol. The molecule has 0 aromatic carbocycles. The van der Waals surface area contributed by atoms with Gasteiger partial charge in [0.1, 0.15) is 0 Å². The molecule has 0 aromatic heterocycles. The van der Waals surface area contributed by atoms with Crippen LogP contribution in [0.2, 0.25) is 0 Å². The van der Waals surface area contributed by atoms with E-state index in [-0.39, 0.29) is 0 Å². The van der Waals surface area contributed by atoms with Gasteiger partial charge in [0.05, 0.1) is 12.7 Å². The number of ether oxygens (including phenoxy) is 1. The van der Waals surface area contributed by atoms with Gasteiger partial charge in [0.25, 0.3) is 0 Å². The number of aliphatic hydroxyl groups is 1. The van der Waals surface area contributed by atoms with Gasteiger partial charge in [-0.2, -0.15) is 0 Å². The summed E-state index contributed by atoms with van der Waals surface area (Å²) in [5.74, 6) is 0. The van der Waals surface area contributed by atoms with Crippen molar-refractivity contribution in [2.75, 3.05) is 26.3 Å². The zero-order valence-corrected chi connectivity index (χ0v) is 9.98. The quantitative estimate of drug-likeness (QED) is 0.434. The highest BCUT2D eigenvalue weighted by atomic mass is 16.5. The normalized spacial score (nSPS) is 12.9. The minimum Gasteiger partial charge on any atom is -0.389 e. The molecule has 0 amide bonds.